The smallest absolute Gasteiger partial charge is 0.239 e. The molecule has 1 rings (SSSR count). The average molecular weight is 199 g/mol. The lowest BCUT2D eigenvalue weighted by atomic mass is 10.2. The number of rotatable bonds is 3. The van der Waals surface area contributed by atoms with E-state index in [0.29, 0.717) is 12.0 Å². The molecule has 0 bridgehead atoms. The molecule has 0 unspecified atom stereocenters. The summed E-state index contributed by atoms with van der Waals surface area (Å²) >= 11 is 0. The summed E-state index contributed by atoms with van der Waals surface area (Å²) in [6.07, 6.45) is 4.70. The predicted molar refractivity (Wildman–Crippen MR) is 54.2 cm³/mol. The number of carbonyl (C=O) groups is 1. The fourth-order valence-corrected chi connectivity index (χ4v) is 1.55. The zero-order chi connectivity index (χ0) is 10.4. The number of primary amides is 1. The number of amides is 1. The van der Waals surface area contributed by atoms with E-state index < -0.39 is 5.91 Å². The van der Waals surface area contributed by atoms with E-state index in [4.69, 9.17) is 11.6 Å². The summed E-state index contributed by atoms with van der Waals surface area (Å²) in [4.78, 5) is 14.4. The summed E-state index contributed by atoms with van der Waals surface area (Å²) < 4.78 is 0. The van der Waals surface area contributed by atoms with Gasteiger partial charge in [-0.25, -0.2) is 10.8 Å². The van der Waals surface area contributed by atoms with Gasteiger partial charge in [0.1, 0.15) is 6.54 Å². The number of nitrogens with zero attached hydrogens (tertiary/aromatic N) is 1. The van der Waals surface area contributed by atoms with Crippen molar-refractivity contribution < 1.29 is 4.79 Å². The van der Waals surface area contributed by atoms with Crippen molar-refractivity contribution in [1.29, 1.82) is 0 Å². The number of nitrogens with one attached hydrogen (secondary N) is 2. The van der Waals surface area contributed by atoms with Crippen molar-refractivity contribution >= 4 is 11.9 Å². The molecular formula is C8H17N5O. The molecule has 0 aromatic rings. The average Bonchev–Trinajstić information content (AvgIpc) is 2.64. The van der Waals surface area contributed by atoms with Gasteiger partial charge in [-0.2, -0.15) is 0 Å². The lowest BCUT2D eigenvalue weighted by Gasteiger charge is -2.14. The third kappa shape index (κ3) is 3.61. The first kappa shape index (κ1) is 10.8. The van der Waals surface area contributed by atoms with Crippen LogP contribution in [0.15, 0.2) is 4.99 Å². The highest BCUT2D eigenvalue weighted by Crippen LogP contribution is 2.17. The Morgan fingerprint density at radius 2 is 2.07 bits per heavy atom. The molecule has 0 atom stereocenters. The van der Waals surface area contributed by atoms with Gasteiger partial charge in [0.15, 0.2) is 0 Å². The Balaban J connectivity index is 2.36. The number of hydrogen-bond acceptors (Lipinski definition) is 3. The highest BCUT2D eigenvalue weighted by Gasteiger charge is 2.15. The van der Waals surface area contributed by atoms with E-state index in [1.807, 2.05) is 0 Å². The Hall–Kier alpha value is -1.30. The number of hydrazine groups is 1. The van der Waals surface area contributed by atoms with Crippen LogP contribution in [0.5, 0.6) is 0 Å². The van der Waals surface area contributed by atoms with E-state index in [0.717, 1.165) is 12.8 Å². The Bertz CT molecular complexity index is 222. The highest BCUT2D eigenvalue weighted by molar-refractivity contribution is 5.83. The van der Waals surface area contributed by atoms with Gasteiger partial charge < -0.3 is 11.1 Å². The third-order valence-electron chi connectivity index (χ3n) is 2.23. The summed E-state index contributed by atoms with van der Waals surface area (Å²) in [7, 11) is 0. The maximum absolute atomic E-state index is 10.5. The molecule has 0 spiro atoms. The summed E-state index contributed by atoms with van der Waals surface area (Å²) in [6, 6.07) is 0.415. The second-order valence-electron chi connectivity index (χ2n) is 3.40. The van der Waals surface area contributed by atoms with Gasteiger partial charge in [-0.15, -0.1) is 0 Å². The molecule has 6 heteroatoms. The van der Waals surface area contributed by atoms with Crippen molar-refractivity contribution in [2.75, 3.05) is 6.54 Å². The summed E-state index contributed by atoms with van der Waals surface area (Å²) in [5.41, 5.74) is 7.38. The van der Waals surface area contributed by atoms with Gasteiger partial charge in [0.2, 0.25) is 11.9 Å². The standard InChI is InChI=1S/C8H17N5O/c9-7(14)5-11-8(13-10)12-6-3-1-2-4-6/h6H,1-5,10H2,(H2,9,14)(H2,11,12,13). The van der Waals surface area contributed by atoms with Crippen molar-refractivity contribution in [3.05, 3.63) is 0 Å². The van der Waals surface area contributed by atoms with Gasteiger partial charge >= 0.3 is 0 Å². The minimum absolute atomic E-state index is 0.0424. The molecule has 0 aromatic carbocycles. The van der Waals surface area contributed by atoms with Crippen molar-refractivity contribution in [3.8, 4) is 0 Å². The maximum Gasteiger partial charge on any atom is 0.239 e. The lowest BCUT2D eigenvalue weighted by molar-refractivity contribution is -0.116. The molecule has 0 aromatic heterocycles. The molecule has 80 valence electrons. The summed E-state index contributed by atoms with van der Waals surface area (Å²) in [5.74, 6) is 5.22. The zero-order valence-electron chi connectivity index (χ0n) is 8.12. The largest absolute Gasteiger partial charge is 0.368 e. The number of hydrogen-bond donors (Lipinski definition) is 4. The molecule has 0 radical (unpaired) electrons. The Morgan fingerprint density at radius 3 is 2.57 bits per heavy atom. The molecule has 6 N–H and O–H groups in total. The van der Waals surface area contributed by atoms with Crippen molar-refractivity contribution in [1.82, 2.24) is 10.7 Å². The van der Waals surface area contributed by atoms with E-state index in [1.165, 1.54) is 12.8 Å². The monoisotopic (exact) mass is 199 g/mol. The Kier molecular flexibility index (Phi) is 4.18. The fraction of sp³-hybridized carbons (Fsp3) is 0.750. The van der Waals surface area contributed by atoms with Crippen LogP contribution in [-0.2, 0) is 4.79 Å². The molecule has 0 aliphatic heterocycles. The van der Waals surface area contributed by atoms with Gasteiger partial charge in [0, 0.05) is 6.04 Å². The molecule has 1 aliphatic rings. The lowest BCUT2D eigenvalue weighted by Crippen LogP contribution is -2.46. The summed E-state index contributed by atoms with van der Waals surface area (Å²) in [6.45, 7) is -0.0424. The SMILES string of the molecule is NNC(=NCC(N)=O)NC1CCCC1. The van der Waals surface area contributed by atoms with Gasteiger partial charge in [0.05, 0.1) is 0 Å². The molecule has 1 aliphatic carbocycles. The number of carbonyl (C=O) groups excluding carboxylic acids is 1. The highest BCUT2D eigenvalue weighted by atomic mass is 16.1. The second-order valence-corrected chi connectivity index (χ2v) is 3.40. The van der Waals surface area contributed by atoms with Crippen molar-refractivity contribution in [2.45, 2.75) is 31.7 Å². The molecule has 1 fully saturated rings. The van der Waals surface area contributed by atoms with E-state index >= 15 is 0 Å². The maximum atomic E-state index is 10.5. The fourth-order valence-electron chi connectivity index (χ4n) is 1.55. The topological polar surface area (TPSA) is 106 Å². The van der Waals surface area contributed by atoms with Crippen LogP contribution in [0.3, 0.4) is 0 Å². The first-order valence-corrected chi connectivity index (χ1v) is 4.78. The summed E-state index contributed by atoms with van der Waals surface area (Å²) in [5, 5.41) is 3.13. The molecule has 0 heterocycles. The quantitative estimate of drug-likeness (QED) is 0.199. The predicted octanol–water partition coefficient (Wildman–Crippen LogP) is -1.18. The van der Waals surface area contributed by atoms with Gasteiger partial charge in [-0.1, -0.05) is 12.8 Å². The second kappa shape index (κ2) is 5.43. The van der Waals surface area contributed by atoms with Crippen LogP contribution in [0.4, 0.5) is 0 Å². The van der Waals surface area contributed by atoms with Crippen LogP contribution in [-0.4, -0.2) is 24.5 Å². The minimum Gasteiger partial charge on any atom is -0.368 e. The van der Waals surface area contributed by atoms with Crippen LogP contribution in [0.2, 0.25) is 0 Å². The molecule has 14 heavy (non-hydrogen) atoms. The first-order valence-electron chi connectivity index (χ1n) is 4.78. The first-order chi connectivity index (χ1) is 6.72. The van der Waals surface area contributed by atoms with Crippen LogP contribution >= 0.6 is 0 Å². The van der Waals surface area contributed by atoms with Crippen LogP contribution < -0.4 is 22.3 Å². The minimum atomic E-state index is -0.467. The zero-order valence-corrected chi connectivity index (χ0v) is 8.12. The number of nitrogens with two attached hydrogens (primary N) is 2. The van der Waals surface area contributed by atoms with E-state index in [2.05, 4.69) is 15.7 Å². The molecule has 1 saturated carbocycles. The van der Waals surface area contributed by atoms with Crippen LogP contribution in [0.1, 0.15) is 25.7 Å². The van der Waals surface area contributed by atoms with Gasteiger partial charge in [0.25, 0.3) is 0 Å². The Morgan fingerprint density at radius 1 is 1.43 bits per heavy atom. The van der Waals surface area contributed by atoms with Crippen molar-refractivity contribution in [3.63, 3.8) is 0 Å². The van der Waals surface area contributed by atoms with Crippen molar-refractivity contribution in [2.24, 2.45) is 16.6 Å². The van der Waals surface area contributed by atoms with Crippen LogP contribution in [0.25, 0.3) is 0 Å². The number of aliphatic imine (C=N–C) groups is 1. The normalized spacial score (nSPS) is 18.2. The van der Waals surface area contributed by atoms with Gasteiger partial charge in [-0.05, 0) is 12.8 Å². The Labute approximate surface area is 83.1 Å². The van der Waals surface area contributed by atoms with Gasteiger partial charge in [-0.3, -0.25) is 10.2 Å². The molecular weight excluding hydrogens is 182 g/mol. The third-order valence-corrected chi connectivity index (χ3v) is 2.23. The molecule has 0 saturated heterocycles. The van der Waals surface area contributed by atoms with E-state index in [9.17, 15) is 4.79 Å². The molecule has 1 amide bonds. The number of guanidine groups is 1. The van der Waals surface area contributed by atoms with Crippen LogP contribution in [0, 0.1) is 0 Å². The molecule has 6 nitrogen and oxygen atoms in total. The van der Waals surface area contributed by atoms with E-state index in [1.54, 1.807) is 0 Å². The van der Waals surface area contributed by atoms with E-state index in [-0.39, 0.29) is 6.54 Å².